The third-order valence-corrected chi connectivity index (χ3v) is 3.28. The highest BCUT2D eigenvalue weighted by molar-refractivity contribution is 5.77. The molecule has 0 aliphatic carbocycles. The lowest BCUT2D eigenvalue weighted by atomic mass is 9.89. The number of nitrogens with zero attached hydrogens (tertiary/aromatic N) is 1. The zero-order valence-electron chi connectivity index (χ0n) is 10.7. The molecule has 0 N–H and O–H groups in total. The van der Waals surface area contributed by atoms with E-state index in [9.17, 15) is 4.79 Å². The summed E-state index contributed by atoms with van der Waals surface area (Å²) < 4.78 is 0. The van der Waals surface area contributed by atoms with Gasteiger partial charge in [0, 0.05) is 18.5 Å². The van der Waals surface area contributed by atoms with Crippen molar-refractivity contribution in [3.63, 3.8) is 0 Å². The first-order chi connectivity index (χ1) is 6.95. The molecule has 0 aromatic rings. The van der Waals surface area contributed by atoms with Crippen molar-refractivity contribution in [2.45, 2.75) is 65.3 Å². The van der Waals surface area contributed by atoms with Gasteiger partial charge in [-0.25, -0.2) is 0 Å². The Balaban J connectivity index is 2.52. The van der Waals surface area contributed by atoms with E-state index in [1.165, 1.54) is 19.3 Å². The van der Waals surface area contributed by atoms with Crippen LogP contribution in [0.15, 0.2) is 0 Å². The minimum atomic E-state index is 0.00195. The number of carbonyl (C=O) groups excluding carboxylic acids is 1. The monoisotopic (exact) mass is 211 g/mol. The van der Waals surface area contributed by atoms with E-state index in [4.69, 9.17) is 0 Å². The number of carbonyl (C=O) groups is 1. The predicted octanol–water partition coefficient (Wildman–Crippen LogP) is 3.21. The fraction of sp³-hybridized carbons (Fsp3) is 0.923. The van der Waals surface area contributed by atoms with E-state index < -0.39 is 0 Å². The fourth-order valence-electron chi connectivity index (χ4n) is 2.29. The molecule has 1 aliphatic rings. The Kier molecular flexibility index (Phi) is 4.18. The summed E-state index contributed by atoms with van der Waals surface area (Å²) in [6.07, 6.45) is 5.71. The molecule has 0 saturated carbocycles. The van der Waals surface area contributed by atoms with Gasteiger partial charge < -0.3 is 4.90 Å². The molecule has 1 heterocycles. The van der Waals surface area contributed by atoms with Crippen LogP contribution in [0.4, 0.5) is 0 Å². The van der Waals surface area contributed by atoms with Crippen LogP contribution in [-0.4, -0.2) is 22.9 Å². The molecule has 15 heavy (non-hydrogen) atoms. The molecule has 1 fully saturated rings. The topological polar surface area (TPSA) is 20.3 Å². The van der Waals surface area contributed by atoms with Crippen LogP contribution >= 0.6 is 0 Å². The van der Waals surface area contributed by atoms with Crippen molar-refractivity contribution in [2.24, 2.45) is 5.92 Å². The highest BCUT2D eigenvalue weighted by atomic mass is 16.2. The van der Waals surface area contributed by atoms with Gasteiger partial charge in [0.2, 0.25) is 5.91 Å². The quantitative estimate of drug-likeness (QED) is 0.702. The lowest BCUT2D eigenvalue weighted by Gasteiger charge is -2.41. The summed E-state index contributed by atoms with van der Waals surface area (Å²) in [7, 11) is 0. The van der Waals surface area contributed by atoms with Gasteiger partial charge in [-0.15, -0.1) is 0 Å². The standard InChI is InChI=1S/C13H25NO/c1-5-6-7-11-8-9-12(15)14(10-11)13(2,3)4/h11H,5-10H2,1-4H3. The highest BCUT2D eigenvalue weighted by Crippen LogP contribution is 2.27. The number of amides is 1. The fourth-order valence-corrected chi connectivity index (χ4v) is 2.29. The van der Waals surface area contributed by atoms with Crippen molar-refractivity contribution in [1.29, 1.82) is 0 Å². The SMILES string of the molecule is CCCCC1CCC(=O)N(C(C)(C)C)C1. The van der Waals surface area contributed by atoms with Crippen LogP contribution in [0.1, 0.15) is 59.8 Å². The highest BCUT2D eigenvalue weighted by Gasteiger charge is 2.32. The summed E-state index contributed by atoms with van der Waals surface area (Å²) in [6, 6.07) is 0. The largest absolute Gasteiger partial charge is 0.338 e. The van der Waals surface area contributed by atoms with Crippen molar-refractivity contribution in [2.75, 3.05) is 6.54 Å². The number of rotatable bonds is 3. The molecule has 0 spiro atoms. The summed E-state index contributed by atoms with van der Waals surface area (Å²) in [5.74, 6) is 1.08. The Morgan fingerprint density at radius 1 is 1.40 bits per heavy atom. The maximum atomic E-state index is 11.8. The maximum absolute atomic E-state index is 11.8. The Hall–Kier alpha value is -0.530. The van der Waals surface area contributed by atoms with Crippen LogP contribution in [0.25, 0.3) is 0 Å². The van der Waals surface area contributed by atoms with Gasteiger partial charge in [-0.05, 0) is 39.5 Å². The molecule has 0 aromatic carbocycles. The number of hydrogen-bond donors (Lipinski definition) is 0. The molecule has 1 amide bonds. The normalized spacial score (nSPS) is 23.3. The second-order valence-corrected chi connectivity index (χ2v) is 5.72. The Labute approximate surface area is 94.0 Å². The summed E-state index contributed by atoms with van der Waals surface area (Å²) in [5, 5.41) is 0. The van der Waals surface area contributed by atoms with Crippen molar-refractivity contribution >= 4 is 5.91 Å². The third kappa shape index (κ3) is 3.51. The van der Waals surface area contributed by atoms with Gasteiger partial charge in [0.1, 0.15) is 0 Å². The number of unbranched alkanes of at least 4 members (excludes halogenated alkanes) is 1. The van der Waals surface area contributed by atoms with Gasteiger partial charge in [-0.1, -0.05) is 19.8 Å². The third-order valence-electron chi connectivity index (χ3n) is 3.28. The second kappa shape index (κ2) is 5.00. The molecule has 0 radical (unpaired) electrons. The Bertz CT molecular complexity index is 217. The first-order valence-corrected chi connectivity index (χ1v) is 6.25. The zero-order chi connectivity index (χ0) is 11.5. The molecule has 88 valence electrons. The lowest BCUT2D eigenvalue weighted by Crippen LogP contribution is -2.50. The minimum Gasteiger partial charge on any atom is -0.338 e. The van der Waals surface area contributed by atoms with E-state index in [-0.39, 0.29) is 5.54 Å². The average Bonchev–Trinajstić information content (AvgIpc) is 2.15. The van der Waals surface area contributed by atoms with Gasteiger partial charge >= 0.3 is 0 Å². The molecule has 2 heteroatoms. The van der Waals surface area contributed by atoms with Crippen LogP contribution < -0.4 is 0 Å². The number of piperidine rings is 1. The average molecular weight is 211 g/mol. The second-order valence-electron chi connectivity index (χ2n) is 5.72. The van der Waals surface area contributed by atoms with Gasteiger partial charge in [0.05, 0.1) is 0 Å². The molecular formula is C13H25NO. The van der Waals surface area contributed by atoms with E-state index in [0.29, 0.717) is 5.91 Å². The first kappa shape index (κ1) is 12.5. The van der Waals surface area contributed by atoms with Crippen LogP contribution in [0.3, 0.4) is 0 Å². The van der Waals surface area contributed by atoms with Crippen LogP contribution in [0.2, 0.25) is 0 Å². The number of likely N-dealkylation sites (tertiary alicyclic amines) is 1. The summed E-state index contributed by atoms with van der Waals surface area (Å²) in [4.78, 5) is 13.9. The molecule has 1 aliphatic heterocycles. The van der Waals surface area contributed by atoms with Crippen LogP contribution in [-0.2, 0) is 4.79 Å². The van der Waals surface area contributed by atoms with Crippen molar-refractivity contribution in [3.05, 3.63) is 0 Å². The summed E-state index contributed by atoms with van der Waals surface area (Å²) in [6.45, 7) is 9.60. The van der Waals surface area contributed by atoms with E-state index >= 15 is 0 Å². The predicted molar refractivity (Wildman–Crippen MR) is 63.7 cm³/mol. The van der Waals surface area contributed by atoms with Crippen molar-refractivity contribution in [1.82, 2.24) is 4.90 Å². The minimum absolute atomic E-state index is 0.00195. The summed E-state index contributed by atoms with van der Waals surface area (Å²) >= 11 is 0. The molecule has 1 atom stereocenters. The molecular weight excluding hydrogens is 186 g/mol. The van der Waals surface area contributed by atoms with Gasteiger partial charge in [0.15, 0.2) is 0 Å². The van der Waals surface area contributed by atoms with Crippen molar-refractivity contribution < 1.29 is 4.79 Å². The van der Waals surface area contributed by atoms with Crippen LogP contribution in [0, 0.1) is 5.92 Å². The first-order valence-electron chi connectivity index (χ1n) is 6.25. The van der Waals surface area contributed by atoms with E-state index in [0.717, 1.165) is 25.3 Å². The lowest BCUT2D eigenvalue weighted by molar-refractivity contribution is -0.140. The van der Waals surface area contributed by atoms with Gasteiger partial charge in [-0.2, -0.15) is 0 Å². The van der Waals surface area contributed by atoms with E-state index in [1.807, 2.05) is 0 Å². The molecule has 0 bridgehead atoms. The number of hydrogen-bond acceptors (Lipinski definition) is 1. The zero-order valence-corrected chi connectivity index (χ0v) is 10.7. The molecule has 1 rings (SSSR count). The smallest absolute Gasteiger partial charge is 0.223 e. The van der Waals surface area contributed by atoms with Gasteiger partial charge in [0.25, 0.3) is 0 Å². The maximum Gasteiger partial charge on any atom is 0.223 e. The van der Waals surface area contributed by atoms with Crippen LogP contribution in [0.5, 0.6) is 0 Å². The van der Waals surface area contributed by atoms with Gasteiger partial charge in [-0.3, -0.25) is 4.79 Å². The van der Waals surface area contributed by atoms with E-state index in [1.54, 1.807) is 0 Å². The molecule has 1 saturated heterocycles. The van der Waals surface area contributed by atoms with E-state index in [2.05, 4.69) is 32.6 Å². The summed E-state index contributed by atoms with van der Waals surface area (Å²) in [5.41, 5.74) is 0.00195. The molecule has 1 unspecified atom stereocenters. The Morgan fingerprint density at radius 3 is 2.60 bits per heavy atom. The van der Waals surface area contributed by atoms with Crippen molar-refractivity contribution in [3.8, 4) is 0 Å². The molecule has 0 aromatic heterocycles. The Morgan fingerprint density at radius 2 is 2.07 bits per heavy atom. The molecule has 2 nitrogen and oxygen atoms in total.